The Morgan fingerprint density at radius 3 is 2.78 bits per heavy atom. The van der Waals surface area contributed by atoms with E-state index in [2.05, 4.69) is 19.2 Å². The lowest BCUT2D eigenvalue weighted by Crippen LogP contribution is -2.47. The number of methoxy groups -OCH3 is 1. The molecule has 108 valence electrons. The third-order valence-electron chi connectivity index (χ3n) is 4.28. The van der Waals surface area contributed by atoms with Crippen molar-refractivity contribution in [3.05, 3.63) is 0 Å². The fraction of sp³-hybridized carbons (Fsp3) is 1.00. The Labute approximate surface area is 112 Å². The molecule has 0 aliphatic heterocycles. The van der Waals surface area contributed by atoms with E-state index in [1.54, 1.807) is 7.11 Å². The summed E-state index contributed by atoms with van der Waals surface area (Å²) in [6.07, 6.45) is 7.61. The molecule has 0 aromatic carbocycles. The van der Waals surface area contributed by atoms with E-state index in [1.807, 2.05) is 0 Å². The van der Waals surface area contributed by atoms with Gasteiger partial charge in [-0.1, -0.05) is 26.2 Å². The van der Waals surface area contributed by atoms with Gasteiger partial charge in [-0.05, 0) is 44.6 Å². The van der Waals surface area contributed by atoms with Crippen LogP contribution >= 0.6 is 0 Å². The predicted molar refractivity (Wildman–Crippen MR) is 75.7 cm³/mol. The van der Waals surface area contributed by atoms with Crippen molar-refractivity contribution in [1.82, 2.24) is 5.32 Å². The summed E-state index contributed by atoms with van der Waals surface area (Å²) in [4.78, 5) is 0. The van der Waals surface area contributed by atoms with E-state index in [0.717, 1.165) is 24.8 Å². The van der Waals surface area contributed by atoms with Crippen LogP contribution < -0.4 is 5.32 Å². The van der Waals surface area contributed by atoms with Gasteiger partial charge in [0.1, 0.15) is 0 Å². The average Bonchev–Trinajstić information content (AvgIpc) is 2.29. The molecule has 1 aliphatic carbocycles. The Morgan fingerprint density at radius 1 is 1.39 bits per heavy atom. The number of aliphatic hydroxyl groups is 1. The van der Waals surface area contributed by atoms with Crippen LogP contribution in [-0.2, 0) is 4.74 Å². The van der Waals surface area contributed by atoms with Crippen LogP contribution in [-0.4, -0.2) is 37.5 Å². The monoisotopic (exact) mass is 257 g/mol. The molecule has 1 rings (SSSR count). The van der Waals surface area contributed by atoms with Crippen LogP contribution in [0.25, 0.3) is 0 Å². The van der Waals surface area contributed by atoms with E-state index in [0.29, 0.717) is 6.61 Å². The van der Waals surface area contributed by atoms with Gasteiger partial charge in [0.15, 0.2) is 0 Å². The molecule has 0 heterocycles. The lowest BCUT2D eigenvalue weighted by atomic mass is 9.81. The summed E-state index contributed by atoms with van der Waals surface area (Å²) >= 11 is 0. The SMILES string of the molecule is COCC(C)(CCO)NCCC1CCCC(C)C1. The predicted octanol–water partition coefficient (Wildman–Crippen LogP) is 2.58. The van der Waals surface area contributed by atoms with E-state index in [1.165, 1.54) is 32.1 Å². The maximum absolute atomic E-state index is 9.12. The summed E-state index contributed by atoms with van der Waals surface area (Å²) in [5, 5.41) is 12.7. The minimum atomic E-state index is -0.0796. The van der Waals surface area contributed by atoms with Gasteiger partial charge in [-0.3, -0.25) is 0 Å². The first-order valence-electron chi connectivity index (χ1n) is 7.44. The first kappa shape index (κ1) is 15.9. The van der Waals surface area contributed by atoms with Crippen molar-refractivity contribution in [2.24, 2.45) is 11.8 Å². The summed E-state index contributed by atoms with van der Waals surface area (Å²) < 4.78 is 5.25. The molecule has 0 amide bonds. The average molecular weight is 257 g/mol. The second-order valence-electron chi connectivity index (χ2n) is 6.32. The Bertz CT molecular complexity index is 215. The zero-order valence-corrected chi connectivity index (χ0v) is 12.4. The highest BCUT2D eigenvalue weighted by molar-refractivity contribution is 4.83. The van der Waals surface area contributed by atoms with Gasteiger partial charge >= 0.3 is 0 Å². The molecule has 0 saturated heterocycles. The lowest BCUT2D eigenvalue weighted by Gasteiger charge is -2.32. The molecular formula is C15H31NO2. The zero-order valence-electron chi connectivity index (χ0n) is 12.4. The summed E-state index contributed by atoms with van der Waals surface area (Å²) in [5.41, 5.74) is -0.0796. The molecule has 0 aromatic heterocycles. The molecule has 2 N–H and O–H groups in total. The molecule has 3 nitrogen and oxygen atoms in total. The van der Waals surface area contributed by atoms with Crippen molar-refractivity contribution in [3.8, 4) is 0 Å². The molecule has 0 bridgehead atoms. The van der Waals surface area contributed by atoms with Crippen molar-refractivity contribution >= 4 is 0 Å². The number of rotatable bonds is 8. The number of hydrogen-bond donors (Lipinski definition) is 2. The highest BCUT2D eigenvalue weighted by Crippen LogP contribution is 2.30. The van der Waals surface area contributed by atoms with Crippen molar-refractivity contribution in [1.29, 1.82) is 0 Å². The van der Waals surface area contributed by atoms with Crippen LogP contribution in [0.3, 0.4) is 0 Å². The van der Waals surface area contributed by atoms with Gasteiger partial charge in [0, 0.05) is 19.3 Å². The highest BCUT2D eigenvalue weighted by Gasteiger charge is 2.24. The van der Waals surface area contributed by atoms with Crippen LogP contribution in [0.15, 0.2) is 0 Å². The van der Waals surface area contributed by atoms with Gasteiger partial charge in [0.25, 0.3) is 0 Å². The summed E-state index contributed by atoms with van der Waals surface area (Å²) in [6.45, 7) is 6.43. The Kier molecular flexibility index (Phi) is 7.20. The van der Waals surface area contributed by atoms with E-state index >= 15 is 0 Å². The first-order valence-corrected chi connectivity index (χ1v) is 7.44. The summed E-state index contributed by atoms with van der Waals surface area (Å²) in [7, 11) is 1.72. The molecule has 3 atom stereocenters. The first-order chi connectivity index (χ1) is 8.59. The third-order valence-corrected chi connectivity index (χ3v) is 4.28. The fourth-order valence-electron chi connectivity index (χ4n) is 3.18. The topological polar surface area (TPSA) is 41.5 Å². The maximum Gasteiger partial charge on any atom is 0.0642 e. The van der Waals surface area contributed by atoms with Crippen LogP contribution in [0, 0.1) is 11.8 Å². The van der Waals surface area contributed by atoms with Crippen molar-refractivity contribution in [3.63, 3.8) is 0 Å². The molecule has 18 heavy (non-hydrogen) atoms. The fourth-order valence-corrected chi connectivity index (χ4v) is 3.18. The molecular weight excluding hydrogens is 226 g/mol. The molecule has 1 aliphatic rings. The van der Waals surface area contributed by atoms with Gasteiger partial charge in [0.2, 0.25) is 0 Å². The normalized spacial score (nSPS) is 28.0. The smallest absolute Gasteiger partial charge is 0.0642 e. The minimum absolute atomic E-state index is 0.0796. The van der Waals surface area contributed by atoms with E-state index in [4.69, 9.17) is 9.84 Å². The van der Waals surface area contributed by atoms with Crippen molar-refractivity contribution < 1.29 is 9.84 Å². The molecule has 0 radical (unpaired) electrons. The number of nitrogens with one attached hydrogen (secondary N) is 1. The van der Waals surface area contributed by atoms with E-state index < -0.39 is 0 Å². The third kappa shape index (κ3) is 5.68. The highest BCUT2D eigenvalue weighted by atomic mass is 16.5. The summed E-state index contributed by atoms with van der Waals surface area (Å²) in [5.74, 6) is 1.80. The van der Waals surface area contributed by atoms with Crippen molar-refractivity contribution in [2.45, 2.75) is 57.9 Å². The number of aliphatic hydroxyl groups excluding tert-OH is 1. The second kappa shape index (κ2) is 8.13. The van der Waals surface area contributed by atoms with Crippen LogP contribution in [0.5, 0.6) is 0 Å². The van der Waals surface area contributed by atoms with Crippen LogP contribution in [0.2, 0.25) is 0 Å². The Hall–Kier alpha value is -0.120. The molecule has 3 unspecified atom stereocenters. The standard InChI is InChI=1S/C15H31NO2/c1-13-5-4-6-14(11-13)7-9-16-15(2,8-10-17)12-18-3/h13-14,16-17H,4-12H2,1-3H3. The van der Waals surface area contributed by atoms with Gasteiger partial charge in [-0.15, -0.1) is 0 Å². The Morgan fingerprint density at radius 2 is 2.17 bits per heavy atom. The van der Waals surface area contributed by atoms with Gasteiger partial charge in [-0.25, -0.2) is 0 Å². The molecule has 3 heteroatoms. The molecule has 0 aromatic rings. The summed E-state index contributed by atoms with van der Waals surface area (Å²) in [6, 6.07) is 0. The van der Waals surface area contributed by atoms with Crippen LogP contribution in [0.1, 0.15) is 52.4 Å². The maximum atomic E-state index is 9.12. The van der Waals surface area contributed by atoms with Crippen molar-refractivity contribution in [2.75, 3.05) is 26.9 Å². The Balaban J connectivity index is 2.25. The van der Waals surface area contributed by atoms with E-state index in [-0.39, 0.29) is 12.1 Å². The second-order valence-corrected chi connectivity index (χ2v) is 6.32. The lowest BCUT2D eigenvalue weighted by molar-refractivity contribution is 0.0961. The zero-order chi connectivity index (χ0) is 13.4. The van der Waals surface area contributed by atoms with Gasteiger partial charge < -0.3 is 15.2 Å². The van der Waals surface area contributed by atoms with E-state index in [9.17, 15) is 0 Å². The molecule has 1 fully saturated rings. The molecule has 0 spiro atoms. The number of ether oxygens (including phenoxy) is 1. The van der Waals surface area contributed by atoms with Gasteiger partial charge in [0.05, 0.1) is 6.61 Å². The minimum Gasteiger partial charge on any atom is -0.396 e. The largest absolute Gasteiger partial charge is 0.396 e. The molecule has 1 saturated carbocycles. The van der Waals surface area contributed by atoms with Crippen LogP contribution in [0.4, 0.5) is 0 Å². The quantitative estimate of drug-likeness (QED) is 0.702. The number of hydrogen-bond acceptors (Lipinski definition) is 3. The van der Waals surface area contributed by atoms with Gasteiger partial charge in [-0.2, -0.15) is 0 Å².